The average Bonchev–Trinajstić information content (AvgIpc) is 3.38. The van der Waals surface area contributed by atoms with Crippen molar-refractivity contribution in [1.82, 2.24) is 9.88 Å². The second-order valence-electron chi connectivity index (χ2n) is 7.23. The predicted octanol–water partition coefficient (Wildman–Crippen LogP) is 5.15. The second-order valence-corrected chi connectivity index (χ2v) is 8.09. The van der Waals surface area contributed by atoms with Crippen LogP contribution in [-0.2, 0) is 0 Å². The molecule has 0 radical (unpaired) electrons. The first-order valence-electron chi connectivity index (χ1n) is 9.77. The lowest BCUT2D eigenvalue weighted by atomic mass is 9.94. The molecule has 2 saturated carbocycles. The molecule has 0 aliphatic heterocycles. The summed E-state index contributed by atoms with van der Waals surface area (Å²) >= 11 is 1.55. The molecule has 1 aromatic carbocycles. The summed E-state index contributed by atoms with van der Waals surface area (Å²) in [5.74, 6) is 0.995. The van der Waals surface area contributed by atoms with Crippen molar-refractivity contribution in [2.24, 2.45) is 0 Å². The Morgan fingerprint density at radius 2 is 1.81 bits per heavy atom. The molecule has 1 heterocycles. The summed E-state index contributed by atoms with van der Waals surface area (Å²) in [4.78, 5) is 20.0. The van der Waals surface area contributed by atoms with Gasteiger partial charge in [0.1, 0.15) is 16.5 Å². The minimum Gasteiger partial charge on any atom is -0.494 e. The van der Waals surface area contributed by atoms with Crippen molar-refractivity contribution >= 4 is 17.2 Å². The van der Waals surface area contributed by atoms with Crippen LogP contribution in [-0.4, -0.2) is 34.5 Å². The molecule has 2 aliphatic carbocycles. The number of amides is 1. The van der Waals surface area contributed by atoms with Gasteiger partial charge in [0.25, 0.3) is 5.91 Å². The molecule has 2 aromatic rings. The Labute approximate surface area is 159 Å². The maximum atomic E-state index is 13.2. The summed E-state index contributed by atoms with van der Waals surface area (Å²) in [5, 5.41) is 2.82. The Bertz CT molecular complexity index is 746. The molecular weight excluding hydrogens is 344 g/mol. The molecule has 2 aliphatic rings. The molecule has 138 valence electrons. The van der Waals surface area contributed by atoms with Crippen LogP contribution in [0.4, 0.5) is 0 Å². The Balaban J connectivity index is 1.51. The predicted molar refractivity (Wildman–Crippen MR) is 105 cm³/mol. The Morgan fingerprint density at radius 3 is 2.46 bits per heavy atom. The standard InChI is InChI=1S/C21H26N2O2S/c1-2-25-18-12-8-15(9-13-18)20-22-19(14-26-20)21(24)23(17-10-11-17)16-6-4-3-5-7-16/h8-9,12-14,16-17H,2-7,10-11H2,1H3. The molecule has 0 spiro atoms. The van der Waals surface area contributed by atoms with Crippen LogP contribution < -0.4 is 4.74 Å². The largest absolute Gasteiger partial charge is 0.494 e. The lowest BCUT2D eigenvalue weighted by molar-refractivity contribution is 0.0609. The van der Waals surface area contributed by atoms with Crippen molar-refractivity contribution in [2.45, 2.75) is 64.0 Å². The van der Waals surface area contributed by atoms with E-state index in [1.165, 1.54) is 19.3 Å². The number of hydrogen-bond acceptors (Lipinski definition) is 4. The number of nitrogens with zero attached hydrogens (tertiary/aromatic N) is 2. The maximum Gasteiger partial charge on any atom is 0.273 e. The average molecular weight is 371 g/mol. The highest BCUT2D eigenvalue weighted by Gasteiger charge is 2.38. The fourth-order valence-electron chi connectivity index (χ4n) is 3.84. The number of thiazole rings is 1. The van der Waals surface area contributed by atoms with E-state index >= 15 is 0 Å². The topological polar surface area (TPSA) is 42.4 Å². The van der Waals surface area contributed by atoms with E-state index in [0.717, 1.165) is 42.0 Å². The normalized spacial score (nSPS) is 17.9. The van der Waals surface area contributed by atoms with Crippen LogP contribution in [0.2, 0.25) is 0 Å². The van der Waals surface area contributed by atoms with Crippen molar-refractivity contribution in [1.29, 1.82) is 0 Å². The lowest BCUT2D eigenvalue weighted by Gasteiger charge is -2.34. The summed E-state index contributed by atoms with van der Waals surface area (Å²) in [7, 11) is 0. The molecule has 26 heavy (non-hydrogen) atoms. The first-order chi connectivity index (χ1) is 12.8. The second kappa shape index (κ2) is 7.78. The quantitative estimate of drug-likeness (QED) is 0.706. The van der Waals surface area contributed by atoms with E-state index in [1.54, 1.807) is 11.3 Å². The zero-order valence-corrected chi connectivity index (χ0v) is 16.1. The van der Waals surface area contributed by atoms with Gasteiger partial charge in [-0.3, -0.25) is 4.79 Å². The van der Waals surface area contributed by atoms with Crippen LogP contribution in [0.15, 0.2) is 29.6 Å². The number of benzene rings is 1. The van der Waals surface area contributed by atoms with E-state index in [1.807, 2.05) is 36.6 Å². The first kappa shape index (κ1) is 17.5. The molecule has 5 heteroatoms. The van der Waals surface area contributed by atoms with Gasteiger partial charge in [0, 0.05) is 23.0 Å². The third-order valence-electron chi connectivity index (χ3n) is 5.28. The summed E-state index contributed by atoms with van der Waals surface area (Å²) < 4.78 is 5.49. The van der Waals surface area contributed by atoms with Gasteiger partial charge in [0.15, 0.2) is 0 Å². The van der Waals surface area contributed by atoms with Crippen molar-refractivity contribution < 1.29 is 9.53 Å². The summed E-state index contributed by atoms with van der Waals surface area (Å²) in [5.41, 5.74) is 1.64. The van der Waals surface area contributed by atoms with Gasteiger partial charge >= 0.3 is 0 Å². The summed E-state index contributed by atoms with van der Waals surface area (Å²) in [6.45, 7) is 2.64. The van der Waals surface area contributed by atoms with E-state index in [0.29, 0.717) is 24.4 Å². The van der Waals surface area contributed by atoms with Crippen molar-refractivity contribution in [3.05, 3.63) is 35.3 Å². The molecule has 2 fully saturated rings. The minimum atomic E-state index is 0.132. The Kier molecular flexibility index (Phi) is 5.25. The van der Waals surface area contributed by atoms with Crippen LogP contribution in [0, 0.1) is 0 Å². The van der Waals surface area contributed by atoms with Gasteiger partial charge in [-0.05, 0) is 56.9 Å². The number of carbonyl (C=O) groups excluding carboxylic acids is 1. The molecule has 1 amide bonds. The van der Waals surface area contributed by atoms with E-state index in [9.17, 15) is 4.79 Å². The fourth-order valence-corrected chi connectivity index (χ4v) is 4.64. The molecule has 0 N–H and O–H groups in total. The number of carbonyl (C=O) groups is 1. The molecule has 4 nitrogen and oxygen atoms in total. The van der Waals surface area contributed by atoms with Crippen LogP contribution >= 0.6 is 11.3 Å². The van der Waals surface area contributed by atoms with E-state index in [2.05, 4.69) is 9.88 Å². The molecule has 0 atom stereocenters. The highest BCUT2D eigenvalue weighted by atomic mass is 32.1. The van der Waals surface area contributed by atoms with Crippen LogP contribution in [0.1, 0.15) is 62.4 Å². The van der Waals surface area contributed by atoms with Crippen LogP contribution in [0.5, 0.6) is 5.75 Å². The lowest BCUT2D eigenvalue weighted by Crippen LogP contribution is -2.43. The van der Waals surface area contributed by atoms with Gasteiger partial charge in [-0.1, -0.05) is 19.3 Å². The summed E-state index contributed by atoms with van der Waals surface area (Å²) in [6.07, 6.45) is 8.40. The van der Waals surface area contributed by atoms with Gasteiger partial charge in [-0.2, -0.15) is 0 Å². The van der Waals surface area contributed by atoms with E-state index in [-0.39, 0.29) is 5.91 Å². The van der Waals surface area contributed by atoms with Crippen LogP contribution in [0.25, 0.3) is 10.6 Å². The van der Waals surface area contributed by atoms with Gasteiger partial charge < -0.3 is 9.64 Å². The maximum absolute atomic E-state index is 13.2. The molecule has 0 bridgehead atoms. The highest BCUT2D eigenvalue weighted by Crippen LogP contribution is 2.35. The smallest absolute Gasteiger partial charge is 0.273 e. The van der Waals surface area contributed by atoms with Gasteiger partial charge in [0.2, 0.25) is 0 Å². The fraction of sp³-hybridized carbons (Fsp3) is 0.524. The monoisotopic (exact) mass is 370 g/mol. The molecular formula is C21H26N2O2S. The zero-order chi connectivity index (χ0) is 17.9. The highest BCUT2D eigenvalue weighted by molar-refractivity contribution is 7.13. The third kappa shape index (κ3) is 3.78. The van der Waals surface area contributed by atoms with Crippen LogP contribution in [0.3, 0.4) is 0 Å². The minimum absolute atomic E-state index is 0.132. The number of hydrogen-bond donors (Lipinski definition) is 0. The Hall–Kier alpha value is -1.88. The van der Waals surface area contributed by atoms with Crippen molar-refractivity contribution in [3.8, 4) is 16.3 Å². The summed E-state index contributed by atoms with van der Waals surface area (Å²) in [6, 6.07) is 8.80. The number of ether oxygens (including phenoxy) is 1. The zero-order valence-electron chi connectivity index (χ0n) is 15.3. The third-order valence-corrected chi connectivity index (χ3v) is 6.17. The van der Waals surface area contributed by atoms with E-state index in [4.69, 9.17) is 4.74 Å². The molecule has 4 rings (SSSR count). The first-order valence-corrected chi connectivity index (χ1v) is 10.7. The van der Waals surface area contributed by atoms with E-state index < -0.39 is 0 Å². The Morgan fingerprint density at radius 1 is 1.12 bits per heavy atom. The van der Waals surface area contributed by atoms with Gasteiger partial charge in [-0.25, -0.2) is 4.98 Å². The number of rotatable bonds is 6. The number of aromatic nitrogens is 1. The molecule has 0 saturated heterocycles. The van der Waals surface area contributed by atoms with Crippen molar-refractivity contribution in [3.63, 3.8) is 0 Å². The van der Waals surface area contributed by atoms with Gasteiger partial charge in [0.05, 0.1) is 6.61 Å². The molecule has 0 unspecified atom stereocenters. The SMILES string of the molecule is CCOc1ccc(-c2nc(C(=O)N(C3CCCCC3)C3CC3)cs2)cc1. The van der Waals surface area contributed by atoms with Gasteiger partial charge in [-0.15, -0.1) is 11.3 Å². The molecule has 1 aromatic heterocycles. The van der Waals surface area contributed by atoms with Crippen molar-refractivity contribution in [2.75, 3.05) is 6.61 Å².